The van der Waals surface area contributed by atoms with Gasteiger partial charge < -0.3 is 20.1 Å². The van der Waals surface area contributed by atoms with Crippen LogP contribution in [0.4, 0.5) is 5.69 Å². The summed E-state index contributed by atoms with van der Waals surface area (Å²) in [7, 11) is 1.48. The SMILES string of the molecule is COc1ccc(NC(=O)[C@H](C)OC(=O)CNC(=O)/C=C/c2ccccc2)cc1Cl. The fraction of sp³-hybridized carbons (Fsp3) is 0.190. The van der Waals surface area contributed by atoms with Gasteiger partial charge in [-0.05, 0) is 36.8 Å². The van der Waals surface area contributed by atoms with Crippen LogP contribution >= 0.6 is 11.6 Å². The Bertz CT molecular complexity index is 899. The molecule has 7 nitrogen and oxygen atoms in total. The molecule has 0 saturated carbocycles. The summed E-state index contributed by atoms with van der Waals surface area (Å²) in [6.45, 7) is 1.07. The molecule has 0 radical (unpaired) electrons. The highest BCUT2D eigenvalue weighted by Crippen LogP contribution is 2.27. The minimum atomic E-state index is -1.06. The molecule has 29 heavy (non-hydrogen) atoms. The van der Waals surface area contributed by atoms with Gasteiger partial charge >= 0.3 is 5.97 Å². The summed E-state index contributed by atoms with van der Waals surface area (Å²) in [6, 6.07) is 14.0. The van der Waals surface area contributed by atoms with Crippen molar-refractivity contribution in [1.29, 1.82) is 0 Å². The van der Waals surface area contributed by atoms with Gasteiger partial charge in [0.1, 0.15) is 12.3 Å². The lowest BCUT2D eigenvalue weighted by atomic mass is 10.2. The summed E-state index contributed by atoms with van der Waals surface area (Å²) in [5.74, 6) is -1.24. The lowest BCUT2D eigenvalue weighted by Crippen LogP contribution is -2.35. The summed E-state index contributed by atoms with van der Waals surface area (Å²) < 4.78 is 10.1. The fourth-order valence-electron chi connectivity index (χ4n) is 2.23. The van der Waals surface area contributed by atoms with Crippen molar-refractivity contribution in [3.05, 3.63) is 65.2 Å². The Kier molecular flexibility index (Phi) is 8.24. The number of anilines is 1. The van der Waals surface area contributed by atoms with Gasteiger partial charge in [-0.2, -0.15) is 0 Å². The van der Waals surface area contributed by atoms with E-state index in [9.17, 15) is 14.4 Å². The number of esters is 1. The van der Waals surface area contributed by atoms with Crippen LogP contribution in [0, 0.1) is 0 Å². The van der Waals surface area contributed by atoms with Crippen LogP contribution in [0.5, 0.6) is 5.75 Å². The molecule has 2 N–H and O–H groups in total. The van der Waals surface area contributed by atoms with Crippen LogP contribution in [-0.2, 0) is 19.1 Å². The lowest BCUT2D eigenvalue weighted by molar-refractivity contribution is -0.152. The molecule has 2 amide bonds. The number of amides is 2. The van der Waals surface area contributed by atoms with E-state index < -0.39 is 23.9 Å². The standard InChI is InChI=1S/C21H21ClN2O5/c1-14(21(27)24-16-9-10-18(28-2)17(22)12-16)29-20(26)13-23-19(25)11-8-15-6-4-3-5-7-15/h3-12,14H,13H2,1-2H3,(H,23,25)(H,24,27)/b11-8+/t14-/m0/s1. The maximum atomic E-state index is 12.2. The third-order valence-corrected chi connectivity index (χ3v) is 4.03. The number of ether oxygens (including phenoxy) is 2. The highest BCUT2D eigenvalue weighted by molar-refractivity contribution is 6.32. The molecule has 8 heteroatoms. The Morgan fingerprint density at radius 1 is 1.14 bits per heavy atom. The molecular weight excluding hydrogens is 396 g/mol. The molecule has 2 rings (SSSR count). The predicted molar refractivity (Wildman–Crippen MR) is 111 cm³/mol. The van der Waals surface area contributed by atoms with Crippen LogP contribution in [-0.4, -0.2) is 37.5 Å². The molecule has 0 unspecified atom stereocenters. The highest BCUT2D eigenvalue weighted by atomic mass is 35.5. The van der Waals surface area contributed by atoms with Gasteiger partial charge in [-0.15, -0.1) is 0 Å². The number of carbonyl (C=O) groups excluding carboxylic acids is 3. The summed E-state index contributed by atoms with van der Waals surface area (Å²) in [5, 5.41) is 5.33. The van der Waals surface area contributed by atoms with Crippen molar-refractivity contribution in [1.82, 2.24) is 5.32 Å². The molecule has 152 valence electrons. The first-order chi connectivity index (χ1) is 13.9. The number of nitrogens with one attached hydrogen (secondary N) is 2. The second kappa shape index (κ2) is 10.9. The quantitative estimate of drug-likeness (QED) is 0.509. The minimum absolute atomic E-state index is 0.334. The zero-order chi connectivity index (χ0) is 21.2. The highest BCUT2D eigenvalue weighted by Gasteiger charge is 2.18. The molecule has 2 aromatic carbocycles. The number of hydrogen-bond donors (Lipinski definition) is 2. The zero-order valence-corrected chi connectivity index (χ0v) is 16.7. The van der Waals surface area contributed by atoms with E-state index in [4.69, 9.17) is 21.1 Å². The first-order valence-corrected chi connectivity index (χ1v) is 9.11. The van der Waals surface area contributed by atoms with E-state index in [0.29, 0.717) is 16.5 Å². The molecule has 0 aromatic heterocycles. The van der Waals surface area contributed by atoms with Crippen molar-refractivity contribution in [2.75, 3.05) is 19.0 Å². The van der Waals surface area contributed by atoms with Crippen LogP contribution in [0.2, 0.25) is 5.02 Å². The van der Waals surface area contributed by atoms with Crippen LogP contribution in [0.1, 0.15) is 12.5 Å². The summed E-state index contributed by atoms with van der Waals surface area (Å²) >= 11 is 6.01. The van der Waals surface area contributed by atoms with Gasteiger partial charge in [0.25, 0.3) is 5.91 Å². The first-order valence-electron chi connectivity index (χ1n) is 8.74. The number of carbonyl (C=O) groups is 3. The van der Waals surface area contributed by atoms with Crippen molar-refractivity contribution < 1.29 is 23.9 Å². The normalized spacial score (nSPS) is 11.6. The van der Waals surface area contributed by atoms with E-state index in [1.807, 2.05) is 30.3 Å². The third-order valence-electron chi connectivity index (χ3n) is 3.73. The second-order valence-corrected chi connectivity index (χ2v) is 6.34. The van der Waals surface area contributed by atoms with E-state index in [-0.39, 0.29) is 6.54 Å². The number of halogens is 1. The van der Waals surface area contributed by atoms with Crippen LogP contribution in [0.25, 0.3) is 6.08 Å². The molecule has 0 spiro atoms. The lowest BCUT2D eigenvalue weighted by Gasteiger charge is -2.14. The van der Waals surface area contributed by atoms with Crippen molar-refractivity contribution in [3.8, 4) is 5.75 Å². The van der Waals surface area contributed by atoms with Gasteiger partial charge in [-0.25, -0.2) is 0 Å². The van der Waals surface area contributed by atoms with E-state index in [1.165, 1.54) is 26.2 Å². The molecule has 0 bridgehead atoms. The molecule has 0 aliphatic carbocycles. The van der Waals surface area contributed by atoms with E-state index in [2.05, 4.69) is 10.6 Å². The average molecular weight is 417 g/mol. The molecule has 0 saturated heterocycles. The smallest absolute Gasteiger partial charge is 0.326 e. The molecule has 2 aromatic rings. The second-order valence-electron chi connectivity index (χ2n) is 5.93. The summed E-state index contributed by atoms with van der Waals surface area (Å²) in [4.78, 5) is 35.8. The molecular formula is C21H21ClN2O5. The number of rotatable bonds is 8. The van der Waals surface area contributed by atoms with Crippen molar-refractivity contribution in [2.45, 2.75) is 13.0 Å². The largest absolute Gasteiger partial charge is 0.495 e. The fourth-order valence-corrected chi connectivity index (χ4v) is 2.49. The predicted octanol–water partition coefficient (Wildman–Crippen LogP) is 3.05. The van der Waals surface area contributed by atoms with Gasteiger partial charge in [0.2, 0.25) is 5.91 Å². The Morgan fingerprint density at radius 2 is 1.86 bits per heavy atom. The summed E-state index contributed by atoms with van der Waals surface area (Å²) in [5.41, 5.74) is 1.29. The Morgan fingerprint density at radius 3 is 2.52 bits per heavy atom. The number of methoxy groups -OCH3 is 1. The Labute approximate surface area is 173 Å². The van der Waals surface area contributed by atoms with Gasteiger partial charge in [-0.3, -0.25) is 14.4 Å². The maximum absolute atomic E-state index is 12.2. The van der Waals surface area contributed by atoms with Crippen LogP contribution in [0.3, 0.4) is 0 Å². The maximum Gasteiger partial charge on any atom is 0.326 e. The first kappa shape index (κ1) is 22.0. The molecule has 0 fully saturated rings. The van der Waals surface area contributed by atoms with Crippen molar-refractivity contribution >= 4 is 41.1 Å². The minimum Gasteiger partial charge on any atom is -0.495 e. The van der Waals surface area contributed by atoms with E-state index in [1.54, 1.807) is 18.2 Å². The van der Waals surface area contributed by atoms with Gasteiger partial charge in [0, 0.05) is 11.8 Å². The van der Waals surface area contributed by atoms with E-state index in [0.717, 1.165) is 5.56 Å². The average Bonchev–Trinajstić information content (AvgIpc) is 2.71. The van der Waals surface area contributed by atoms with Crippen molar-refractivity contribution in [2.24, 2.45) is 0 Å². The topological polar surface area (TPSA) is 93.7 Å². The third kappa shape index (κ3) is 7.31. The molecule has 0 aliphatic heterocycles. The Hall–Kier alpha value is -3.32. The molecule has 0 aliphatic rings. The van der Waals surface area contributed by atoms with Crippen molar-refractivity contribution in [3.63, 3.8) is 0 Å². The van der Waals surface area contributed by atoms with Crippen LogP contribution in [0.15, 0.2) is 54.6 Å². The van der Waals surface area contributed by atoms with E-state index >= 15 is 0 Å². The van der Waals surface area contributed by atoms with Gasteiger partial charge in [0.05, 0.1) is 12.1 Å². The molecule has 1 atom stereocenters. The monoisotopic (exact) mass is 416 g/mol. The Balaban J connectivity index is 1.77. The van der Waals surface area contributed by atoms with Gasteiger partial charge in [-0.1, -0.05) is 41.9 Å². The number of hydrogen-bond acceptors (Lipinski definition) is 5. The summed E-state index contributed by atoms with van der Waals surface area (Å²) in [6.07, 6.45) is 1.88. The van der Waals surface area contributed by atoms with Gasteiger partial charge in [0.15, 0.2) is 6.10 Å². The molecule has 0 heterocycles. The number of benzene rings is 2. The van der Waals surface area contributed by atoms with Crippen LogP contribution < -0.4 is 15.4 Å². The zero-order valence-electron chi connectivity index (χ0n) is 16.0.